The third kappa shape index (κ3) is 5.32. The Balaban J connectivity index is 2.20. The van der Waals surface area contributed by atoms with Gasteiger partial charge in [-0.25, -0.2) is 4.79 Å². The Morgan fingerprint density at radius 2 is 1.53 bits per heavy atom. The molecule has 36 heavy (non-hydrogen) atoms. The molecule has 1 aliphatic rings. The van der Waals surface area contributed by atoms with Gasteiger partial charge in [0.1, 0.15) is 0 Å². The van der Waals surface area contributed by atoms with E-state index in [1.165, 1.54) is 31.3 Å². The van der Waals surface area contributed by atoms with Crippen LogP contribution in [0, 0.1) is 0 Å². The summed E-state index contributed by atoms with van der Waals surface area (Å²) in [6.45, 7) is 3.31. The van der Waals surface area contributed by atoms with E-state index in [1.807, 2.05) is 0 Å². The van der Waals surface area contributed by atoms with Crippen molar-refractivity contribution < 1.29 is 50.5 Å². The second kappa shape index (κ2) is 10.1. The number of alkyl halides is 6. The topological polar surface area (TPSA) is 68.2 Å². The van der Waals surface area contributed by atoms with Gasteiger partial charge in [0.25, 0.3) is 0 Å². The average Bonchev–Trinajstić information content (AvgIpc) is 2.80. The van der Waals surface area contributed by atoms with Crippen molar-refractivity contribution >= 4 is 11.8 Å². The van der Waals surface area contributed by atoms with E-state index in [9.17, 15) is 36.2 Å². The van der Waals surface area contributed by atoms with Gasteiger partial charge < -0.3 is 19.3 Å². The summed E-state index contributed by atoms with van der Waals surface area (Å²) in [5.74, 6) is -0.553. The van der Waals surface area contributed by atoms with Gasteiger partial charge in [-0.15, -0.1) is 0 Å². The zero-order chi connectivity index (χ0) is 27.0. The first-order chi connectivity index (χ1) is 16.7. The Morgan fingerprint density at radius 1 is 1.00 bits per heavy atom. The molecule has 2 aromatic carbocycles. The summed E-state index contributed by atoms with van der Waals surface area (Å²) in [4.78, 5) is 14.0. The minimum absolute atomic E-state index is 0.00401. The molecule has 3 rings (SSSR count). The highest BCUT2D eigenvalue weighted by Crippen LogP contribution is 2.49. The summed E-state index contributed by atoms with van der Waals surface area (Å²) >= 11 is 0. The molecule has 12 heteroatoms. The number of hydrogen-bond donors (Lipinski definition) is 1. The number of carbonyl (C=O) groups is 1. The molecule has 0 bridgehead atoms. The van der Waals surface area contributed by atoms with Gasteiger partial charge in [0.05, 0.1) is 43.7 Å². The molecule has 1 N–H and O–H groups in total. The number of amides is 1. The fourth-order valence-corrected chi connectivity index (χ4v) is 4.38. The second-order valence-electron chi connectivity index (χ2n) is 8.31. The summed E-state index contributed by atoms with van der Waals surface area (Å²) in [5, 5.41) is 11.2. The van der Waals surface area contributed by atoms with E-state index in [-0.39, 0.29) is 41.8 Å². The number of benzene rings is 2. The second-order valence-corrected chi connectivity index (χ2v) is 8.31. The largest absolute Gasteiger partial charge is 0.493 e. The van der Waals surface area contributed by atoms with E-state index in [0.29, 0.717) is 12.1 Å². The number of carbonyl (C=O) groups excluding carboxylic acids is 1. The number of aliphatic hydroxyl groups is 1. The number of aliphatic hydroxyl groups excluding tert-OH is 1. The van der Waals surface area contributed by atoms with Crippen LogP contribution in [-0.4, -0.2) is 38.1 Å². The normalized spacial score (nSPS) is 18.9. The average molecular weight is 521 g/mol. The van der Waals surface area contributed by atoms with E-state index in [4.69, 9.17) is 14.2 Å². The van der Waals surface area contributed by atoms with Crippen LogP contribution in [0.25, 0.3) is 0 Å². The number of nitrogens with zero attached hydrogens (tertiary/aromatic N) is 1. The standard InChI is InChI=1S/C24H25F6NO5/c1-5-36-22(33)31-12(2)6-17(16-10-19(34-3)20(35-4)11-18(16)31)21(32)13-7-14(23(25,26)27)9-15(8-13)24(28,29)30/h7-12,17,21,32H,5-6H2,1-4H3/t12-,17-,21?/m1/s1. The van der Waals surface area contributed by atoms with Gasteiger partial charge >= 0.3 is 18.4 Å². The van der Waals surface area contributed by atoms with E-state index < -0.39 is 53.2 Å². The number of halogens is 6. The Bertz CT molecular complexity index is 1090. The maximum absolute atomic E-state index is 13.4. The van der Waals surface area contributed by atoms with E-state index in [1.54, 1.807) is 13.8 Å². The van der Waals surface area contributed by atoms with E-state index in [0.717, 1.165) is 0 Å². The summed E-state index contributed by atoms with van der Waals surface area (Å²) in [6, 6.07) is 3.28. The van der Waals surface area contributed by atoms with Crippen LogP contribution in [0.1, 0.15) is 54.5 Å². The van der Waals surface area contributed by atoms with Crippen LogP contribution in [0.4, 0.5) is 36.8 Å². The zero-order valence-corrected chi connectivity index (χ0v) is 19.8. The third-order valence-corrected chi connectivity index (χ3v) is 6.02. The van der Waals surface area contributed by atoms with Gasteiger partial charge in [-0.1, -0.05) is 0 Å². The number of anilines is 1. The van der Waals surface area contributed by atoms with Crippen LogP contribution in [0.2, 0.25) is 0 Å². The number of rotatable bonds is 5. The van der Waals surface area contributed by atoms with Gasteiger partial charge in [0.15, 0.2) is 11.5 Å². The van der Waals surface area contributed by atoms with Crippen LogP contribution in [0.15, 0.2) is 30.3 Å². The SMILES string of the molecule is CCOC(=O)N1c2cc(OC)c(OC)cc2[C@H](C(O)c2cc(C(F)(F)F)cc(C(F)(F)F)c2)C[C@H]1C. The van der Waals surface area contributed by atoms with Crippen LogP contribution in [-0.2, 0) is 17.1 Å². The van der Waals surface area contributed by atoms with Crippen LogP contribution >= 0.6 is 0 Å². The van der Waals surface area contributed by atoms with E-state index in [2.05, 4.69) is 0 Å². The Kier molecular flexibility index (Phi) is 7.68. The highest BCUT2D eigenvalue weighted by Gasteiger charge is 2.42. The molecule has 2 aromatic rings. The smallest absolute Gasteiger partial charge is 0.416 e. The van der Waals surface area contributed by atoms with Gasteiger partial charge in [0, 0.05) is 18.0 Å². The third-order valence-electron chi connectivity index (χ3n) is 6.02. The predicted molar refractivity (Wildman–Crippen MR) is 117 cm³/mol. The molecule has 6 nitrogen and oxygen atoms in total. The van der Waals surface area contributed by atoms with Crippen molar-refractivity contribution in [3.63, 3.8) is 0 Å². The number of hydrogen-bond acceptors (Lipinski definition) is 5. The maximum Gasteiger partial charge on any atom is 0.416 e. The molecular formula is C24H25F6NO5. The summed E-state index contributed by atoms with van der Waals surface area (Å²) in [5.41, 5.74) is -3.11. The van der Waals surface area contributed by atoms with Crippen LogP contribution in [0.3, 0.4) is 0 Å². The molecule has 0 fully saturated rings. The maximum atomic E-state index is 13.4. The molecular weight excluding hydrogens is 496 g/mol. The lowest BCUT2D eigenvalue weighted by Gasteiger charge is -2.40. The molecule has 1 amide bonds. The fourth-order valence-electron chi connectivity index (χ4n) is 4.38. The Labute approximate surface area is 203 Å². The number of fused-ring (bicyclic) bond motifs is 1. The zero-order valence-electron chi connectivity index (χ0n) is 19.8. The molecule has 1 heterocycles. The van der Waals surface area contributed by atoms with Gasteiger partial charge in [-0.3, -0.25) is 4.90 Å². The quantitative estimate of drug-likeness (QED) is 0.467. The van der Waals surface area contributed by atoms with Gasteiger partial charge in [0.2, 0.25) is 0 Å². The fraction of sp³-hybridized carbons (Fsp3) is 0.458. The molecule has 1 aliphatic heterocycles. The summed E-state index contributed by atoms with van der Waals surface area (Å²) < 4.78 is 96.1. The lowest BCUT2D eigenvalue weighted by Crippen LogP contribution is -2.44. The lowest BCUT2D eigenvalue weighted by atomic mass is 9.79. The van der Waals surface area contributed by atoms with Crippen molar-refractivity contribution in [2.75, 3.05) is 25.7 Å². The highest BCUT2D eigenvalue weighted by atomic mass is 19.4. The predicted octanol–water partition coefficient (Wildman–Crippen LogP) is 6.31. The molecule has 3 atom stereocenters. The van der Waals surface area contributed by atoms with Crippen molar-refractivity contribution in [1.82, 2.24) is 0 Å². The summed E-state index contributed by atoms with van der Waals surface area (Å²) in [7, 11) is 2.70. The van der Waals surface area contributed by atoms with Crippen molar-refractivity contribution in [3.05, 3.63) is 52.6 Å². The van der Waals surface area contributed by atoms with Crippen molar-refractivity contribution in [3.8, 4) is 11.5 Å². The minimum atomic E-state index is -5.06. The van der Waals surface area contributed by atoms with Crippen LogP contribution < -0.4 is 14.4 Å². The Morgan fingerprint density at radius 3 is 2.00 bits per heavy atom. The first kappa shape index (κ1) is 27.4. The molecule has 0 radical (unpaired) electrons. The molecule has 0 aliphatic carbocycles. The number of methoxy groups -OCH3 is 2. The lowest BCUT2D eigenvalue weighted by molar-refractivity contribution is -0.143. The summed E-state index contributed by atoms with van der Waals surface area (Å²) in [6.07, 6.45) is -12.6. The van der Waals surface area contributed by atoms with Gasteiger partial charge in [-0.05, 0) is 55.7 Å². The number of ether oxygens (including phenoxy) is 3. The molecule has 0 saturated heterocycles. The van der Waals surface area contributed by atoms with Crippen molar-refractivity contribution in [2.45, 2.75) is 50.7 Å². The molecule has 0 aromatic heterocycles. The molecule has 0 saturated carbocycles. The molecule has 1 unspecified atom stereocenters. The van der Waals surface area contributed by atoms with Gasteiger partial charge in [-0.2, -0.15) is 26.3 Å². The molecule has 198 valence electrons. The van der Waals surface area contributed by atoms with Crippen LogP contribution in [0.5, 0.6) is 11.5 Å². The molecule has 0 spiro atoms. The van der Waals surface area contributed by atoms with E-state index >= 15 is 0 Å². The Hall–Kier alpha value is -3.15. The first-order valence-electron chi connectivity index (χ1n) is 10.9. The van der Waals surface area contributed by atoms with Crippen molar-refractivity contribution in [1.29, 1.82) is 0 Å². The monoisotopic (exact) mass is 521 g/mol. The highest BCUT2D eigenvalue weighted by molar-refractivity contribution is 5.91. The minimum Gasteiger partial charge on any atom is -0.493 e. The van der Waals surface area contributed by atoms with Crippen molar-refractivity contribution in [2.24, 2.45) is 0 Å². The first-order valence-corrected chi connectivity index (χ1v) is 10.9.